The highest BCUT2D eigenvalue weighted by Gasteiger charge is 2.31. The molecule has 0 atom stereocenters. The van der Waals surface area contributed by atoms with Gasteiger partial charge in [0.1, 0.15) is 11.5 Å². The summed E-state index contributed by atoms with van der Waals surface area (Å²) in [6.07, 6.45) is 2.27. The Bertz CT molecular complexity index is 770. The third-order valence-electron chi connectivity index (χ3n) is 4.88. The number of hydrogen-bond acceptors (Lipinski definition) is 4. The van der Waals surface area contributed by atoms with Gasteiger partial charge in [-0.1, -0.05) is 29.8 Å². The maximum Gasteiger partial charge on any atom is 0.234 e. The first-order valence-electron chi connectivity index (χ1n) is 9.36. The number of amides is 1. The van der Waals surface area contributed by atoms with E-state index in [4.69, 9.17) is 9.47 Å². The number of ether oxygens (including phenoxy) is 2. The number of nitrogens with zero attached hydrogens (tertiary/aromatic N) is 1. The summed E-state index contributed by atoms with van der Waals surface area (Å²) in [7, 11) is 3.32. The van der Waals surface area contributed by atoms with Crippen molar-refractivity contribution in [3.63, 3.8) is 0 Å². The lowest BCUT2D eigenvalue weighted by Crippen LogP contribution is -2.38. The molecule has 0 aliphatic heterocycles. The van der Waals surface area contributed by atoms with Crippen molar-refractivity contribution in [2.24, 2.45) is 0 Å². The molecule has 1 aliphatic rings. The summed E-state index contributed by atoms with van der Waals surface area (Å²) in [6, 6.07) is 14.5. The van der Waals surface area contributed by atoms with Gasteiger partial charge in [-0.25, -0.2) is 0 Å². The third-order valence-corrected chi connectivity index (χ3v) is 4.88. The average molecular weight is 368 g/mol. The standard InChI is InChI=1S/C22H28N2O3/c1-16-4-6-17(7-5-16)13-23-22(25)15-24(19-8-9-19)14-18-12-20(26-2)10-11-21(18)27-3/h4-7,10-12,19H,8-9,13-15H2,1-3H3,(H,23,25). The first-order valence-corrected chi connectivity index (χ1v) is 9.36. The Morgan fingerprint density at radius 2 is 1.85 bits per heavy atom. The van der Waals surface area contributed by atoms with E-state index in [1.807, 2.05) is 18.2 Å². The van der Waals surface area contributed by atoms with Gasteiger partial charge in [-0.2, -0.15) is 0 Å². The Morgan fingerprint density at radius 1 is 1.11 bits per heavy atom. The fraction of sp³-hybridized carbons (Fsp3) is 0.409. The number of carbonyl (C=O) groups excluding carboxylic acids is 1. The predicted molar refractivity (Wildman–Crippen MR) is 106 cm³/mol. The third kappa shape index (κ3) is 5.47. The fourth-order valence-electron chi connectivity index (χ4n) is 3.13. The number of hydrogen-bond donors (Lipinski definition) is 1. The number of rotatable bonds is 9. The van der Waals surface area contributed by atoms with Crippen molar-refractivity contribution in [3.8, 4) is 11.5 Å². The second-order valence-corrected chi connectivity index (χ2v) is 7.08. The maximum absolute atomic E-state index is 12.5. The predicted octanol–water partition coefficient (Wildman–Crippen LogP) is 3.29. The molecule has 1 aliphatic carbocycles. The molecule has 0 heterocycles. The van der Waals surface area contributed by atoms with Crippen molar-refractivity contribution < 1.29 is 14.3 Å². The second-order valence-electron chi connectivity index (χ2n) is 7.08. The van der Waals surface area contributed by atoms with Crippen LogP contribution < -0.4 is 14.8 Å². The summed E-state index contributed by atoms with van der Waals surface area (Å²) in [5.74, 6) is 1.66. The Hall–Kier alpha value is -2.53. The summed E-state index contributed by atoms with van der Waals surface area (Å²) in [5, 5.41) is 3.03. The van der Waals surface area contributed by atoms with Gasteiger partial charge >= 0.3 is 0 Å². The van der Waals surface area contributed by atoms with Crippen molar-refractivity contribution in [3.05, 3.63) is 59.2 Å². The molecule has 0 saturated heterocycles. The Morgan fingerprint density at radius 3 is 2.48 bits per heavy atom. The van der Waals surface area contributed by atoms with Gasteiger partial charge < -0.3 is 14.8 Å². The van der Waals surface area contributed by atoms with E-state index in [1.54, 1.807) is 14.2 Å². The van der Waals surface area contributed by atoms with Gasteiger partial charge in [-0.05, 0) is 43.5 Å². The van der Waals surface area contributed by atoms with Crippen LogP contribution in [0.25, 0.3) is 0 Å². The molecule has 3 rings (SSSR count). The normalized spacial score (nSPS) is 13.5. The highest BCUT2D eigenvalue weighted by Crippen LogP contribution is 2.31. The quantitative estimate of drug-likeness (QED) is 0.738. The summed E-state index contributed by atoms with van der Waals surface area (Å²) in [4.78, 5) is 14.7. The molecule has 27 heavy (non-hydrogen) atoms. The first kappa shape index (κ1) is 19.2. The summed E-state index contributed by atoms with van der Waals surface area (Å²) < 4.78 is 10.8. The summed E-state index contributed by atoms with van der Waals surface area (Å²) >= 11 is 0. The van der Waals surface area contributed by atoms with Crippen LogP contribution in [-0.2, 0) is 17.9 Å². The van der Waals surface area contributed by atoms with Crippen LogP contribution in [0.5, 0.6) is 11.5 Å². The van der Waals surface area contributed by atoms with E-state index in [0.29, 0.717) is 25.7 Å². The summed E-state index contributed by atoms with van der Waals surface area (Å²) in [5.41, 5.74) is 3.37. The van der Waals surface area contributed by atoms with Gasteiger partial charge in [0.25, 0.3) is 0 Å². The zero-order valence-electron chi connectivity index (χ0n) is 16.3. The van der Waals surface area contributed by atoms with Crippen LogP contribution in [0.1, 0.15) is 29.5 Å². The van der Waals surface area contributed by atoms with Gasteiger partial charge in [0, 0.05) is 24.7 Å². The number of methoxy groups -OCH3 is 2. The molecular weight excluding hydrogens is 340 g/mol. The van der Waals surface area contributed by atoms with E-state index in [1.165, 1.54) is 5.56 Å². The van der Waals surface area contributed by atoms with Crippen molar-refractivity contribution >= 4 is 5.91 Å². The van der Waals surface area contributed by atoms with Crippen molar-refractivity contribution in [1.29, 1.82) is 0 Å². The van der Waals surface area contributed by atoms with Gasteiger partial charge in [0.05, 0.1) is 20.8 Å². The van der Waals surface area contributed by atoms with E-state index in [-0.39, 0.29) is 5.91 Å². The van der Waals surface area contributed by atoms with E-state index in [0.717, 1.165) is 35.5 Å². The minimum Gasteiger partial charge on any atom is -0.497 e. The molecule has 1 saturated carbocycles. The van der Waals surface area contributed by atoms with Gasteiger partial charge in [0.2, 0.25) is 5.91 Å². The van der Waals surface area contributed by atoms with Crippen LogP contribution >= 0.6 is 0 Å². The Kier molecular flexibility index (Phi) is 6.35. The molecule has 0 spiro atoms. The van der Waals surface area contributed by atoms with E-state index < -0.39 is 0 Å². The zero-order chi connectivity index (χ0) is 19.2. The van der Waals surface area contributed by atoms with Crippen molar-refractivity contribution in [2.75, 3.05) is 20.8 Å². The van der Waals surface area contributed by atoms with Gasteiger partial charge in [-0.3, -0.25) is 9.69 Å². The molecule has 5 heteroatoms. The molecule has 0 aromatic heterocycles. The monoisotopic (exact) mass is 368 g/mol. The molecule has 0 unspecified atom stereocenters. The van der Waals surface area contributed by atoms with Crippen molar-refractivity contribution in [2.45, 2.75) is 38.9 Å². The molecule has 144 valence electrons. The molecular formula is C22H28N2O3. The highest BCUT2D eigenvalue weighted by molar-refractivity contribution is 5.78. The zero-order valence-corrected chi connectivity index (χ0v) is 16.3. The Labute approximate surface area is 161 Å². The topological polar surface area (TPSA) is 50.8 Å². The molecule has 5 nitrogen and oxygen atoms in total. The maximum atomic E-state index is 12.5. The lowest BCUT2D eigenvalue weighted by atomic mass is 10.1. The molecule has 1 fully saturated rings. The Balaban J connectivity index is 1.61. The molecule has 0 bridgehead atoms. The first-order chi connectivity index (χ1) is 13.1. The lowest BCUT2D eigenvalue weighted by molar-refractivity contribution is -0.122. The highest BCUT2D eigenvalue weighted by atomic mass is 16.5. The van der Waals surface area contributed by atoms with Crippen LogP contribution in [0.2, 0.25) is 0 Å². The lowest BCUT2D eigenvalue weighted by Gasteiger charge is -2.23. The molecule has 1 N–H and O–H groups in total. The fourth-order valence-corrected chi connectivity index (χ4v) is 3.13. The van der Waals surface area contributed by atoms with Crippen LogP contribution in [0.4, 0.5) is 0 Å². The molecule has 2 aromatic rings. The van der Waals surface area contributed by atoms with E-state index in [9.17, 15) is 4.79 Å². The minimum atomic E-state index is 0.0457. The van der Waals surface area contributed by atoms with E-state index in [2.05, 4.69) is 41.4 Å². The van der Waals surface area contributed by atoms with Crippen LogP contribution in [0.3, 0.4) is 0 Å². The van der Waals surface area contributed by atoms with Crippen molar-refractivity contribution in [1.82, 2.24) is 10.2 Å². The summed E-state index contributed by atoms with van der Waals surface area (Å²) in [6.45, 7) is 3.67. The van der Waals surface area contributed by atoms with Gasteiger partial charge in [0.15, 0.2) is 0 Å². The smallest absolute Gasteiger partial charge is 0.234 e. The number of carbonyl (C=O) groups is 1. The van der Waals surface area contributed by atoms with E-state index >= 15 is 0 Å². The SMILES string of the molecule is COc1ccc(OC)c(CN(CC(=O)NCc2ccc(C)cc2)C2CC2)c1. The largest absolute Gasteiger partial charge is 0.497 e. The molecule has 0 radical (unpaired) electrons. The second kappa shape index (κ2) is 8.91. The van der Waals surface area contributed by atoms with Gasteiger partial charge in [-0.15, -0.1) is 0 Å². The molecule has 2 aromatic carbocycles. The van der Waals surface area contributed by atoms with Crippen LogP contribution in [0.15, 0.2) is 42.5 Å². The number of nitrogens with one attached hydrogen (secondary N) is 1. The molecule has 1 amide bonds. The number of benzene rings is 2. The number of aryl methyl sites for hydroxylation is 1. The average Bonchev–Trinajstić information content (AvgIpc) is 3.52. The minimum absolute atomic E-state index is 0.0457. The van der Waals surface area contributed by atoms with Crippen LogP contribution in [0, 0.1) is 6.92 Å². The van der Waals surface area contributed by atoms with Crippen LogP contribution in [-0.4, -0.2) is 37.6 Å².